The van der Waals surface area contributed by atoms with Crippen molar-refractivity contribution in [1.29, 1.82) is 0 Å². The van der Waals surface area contributed by atoms with E-state index in [4.69, 9.17) is 16.6 Å². The number of nitrogens with one attached hydrogen (secondary N) is 1. The molecule has 0 spiro atoms. The number of nitrogens with zero attached hydrogens (tertiary/aromatic N) is 2. The molecule has 0 aliphatic carbocycles. The van der Waals surface area contributed by atoms with Gasteiger partial charge in [0.25, 0.3) is 5.56 Å². The lowest BCUT2D eigenvalue weighted by molar-refractivity contribution is 0.104. The molecule has 4 rings (SSSR count). The molecule has 0 aliphatic rings. The van der Waals surface area contributed by atoms with Crippen molar-refractivity contribution < 1.29 is 5.11 Å². The van der Waals surface area contributed by atoms with E-state index in [9.17, 15) is 9.90 Å². The van der Waals surface area contributed by atoms with Gasteiger partial charge in [0.2, 0.25) is 0 Å². The zero-order valence-corrected chi connectivity index (χ0v) is 20.4. The summed E-state index contributed by atoms with van der Waals surface area (Å²) in [7, 11) is 0. The van der Waals surface area contributed by atoms with E-state index in [-0.39, 0.29) is 5.56 Å². The fourth-order valence-corrected chi connectivity index (χ4v) is 4.92. The van der Waals surface area contributed by atoms with E-state index in [1.807, 2.05) is 60.0 Å². The normalized spacial score (nSPS) is 12.7. The molecular weight excluding hydrogens is 454 g/mol. The van der Waals surface area contributed by atoms with Crippen LogP contribution in [-0.4, -0.2) is 33.1 Å². The van der Waals surface area contributed by atoms with Crippen molar-refractivity contribution in [2.45, 2.75) is 32.9 Å². The van der Waals surface area contributed by atoms with E-state index in [0.717, 1.165) is 29.7 Å². The standard InChI is InChI=1S/C26H28ClN3O2S/c1-17(2)12-13-30(14-22(31)19-6-4-3-5-7-19)15-23-28-25(32)24-21(16-33-26(24)29-23)18-8-10-20(27)11-9-18/h3-11,16-17,22,31H,12-15H2,1-2H3,(H,28,29,32). The molecule has 172 valence electrons. The Kier molecular flexibility index (Phi) is 7.60. The number of aromatic nitrogens is 2. The monoisotopic (exact) mass is 481 g/mol. The van der Waals surface area contributed by atoms with E-state index in [1.54, 1.807) is 0 Å². The van der Waals surface area contributed by atoms with Crippen LogP contribution in [-0.2, 0) is 6.54 Å². The molecule has 0 amide bonds. The number of benzene rings is 2. The Morgan fingerprint density at radius 3 is 2.55 bits per heavy atom. The van der Waals surface area contributed by atoms with Crippen LogP contribution in [0.15, 0.2) is 64.8 Å². The number of thiophene rings is 1. The highest BCUT2D eigenvalue weighted by Crippen LogP contribution is 2.31. The van der Waals surface area contributed by atoms with Crippen LogP contribution < -0.4 is 5.56 Å². The highest BCUT2D eigenvalue weighted by atomic mass is 35.5. The van der Waals surface area contributed by atoms with Gasteiger partial charge in [-0.05, 0) is 42.1 Å². The minimum atomic E-state index is -0.605. The van der Waals surface area contributed by atoms with Gasteiger partial charge in [0.15, 0.2) is 0 Å². The summed E-state index contributed by atoms with van der Waals surface area (Å²) in [4.78, 5) is 23.6. The molecule has 0 fully saturated rings. The summed E-state index contributed by atoms with van der Waals surface area (Å²) < 4.78 is 0. The van der Waals surface area contributed by atoms with Crippen molar-refractivity contribution in [2.24, 2.45) is 5.92 Å². The Balaban J connectivity index is 1.59. The maximum atomic E-state index is 13.0. The number of fused-ring (bicyclic) bond motifs is 1. The molecule has 0 aliphatic heterocycles. The second kappa shape index (κ2) is 10.6. The number of aromatic amines is 1. The van der Waals surface area contributed by atoms with Gasteiger partial charge in [0, 0.05) is 22.5 Å². The van der Waals surface area contributed by atoms with Crippen LogP contribution in [0.1, 0.15) is 37.8 Å². The average Bonchev–Trinajstić information content (AvgIpc) is 3.23. The smallest absolute Gasteiger partial charge is 0.260 e. The van der Waals surface area contributed by atoms with E-state index < -0.39 is 6.10 Å². The number of aliphatic hydroxyl groups excluding tert-OH is 1. The van der Waals surface area contributed by atoms with Crippen molar-refractivity contribution in [3.63, 3.8) is 0 Å². The van der Waals surface area contributed by atoms with Gasteiger partial charge in [0.1, 0.15) is 10.7 Å². The molecule has 1 unspecified atom stereocenters. The summed E-state index contributed by atoms with van der Waals surface area (Å²) in [6, 6.07) is 17.1. The van der Waals surface area contributed by atoms with Gasteiger partial charge in [-0.2, -0.15) is 0 Å². The van der Waals surface area contributed by atoms with Crippen molar-refractivity contribution in [3.8, 4) is 11.1 Å². The van der Waals surface area contributed by atoms with Crippen molar-refractivity contribution >= 4 is 33.2 Å². The third-order valence-corrected chi connectivity index (χ3v) is 6.78. The lowest BCUT2D eigenvalue weighted by atomic mass is 10.1. The van der Waals surface area contributed by atoms with Crippen molar-refractivity contribution in [1.82, 2.24) is 14.9 Å². The van der Waals surface area contributed by atoms with Crippen LogP contribution in [0.5, 0.6) is 0 Å². The molecule has 0 saturated carbocycles. The van der Waals surface area contributed by atoms with E-state index in [1.165, 1.54) is 11.3 Å². The van der Waals surface area contributed by atoms with Gasteiger partial charge in [-0.1, -0.05) is 67.9 Å². The first-order valence-electron chi connectivity index (χ1n) is 11.1. The number of hydrogen-bond donors (Lipinski definition) is 2. The van der Waals surface area contributed by atoms with E-state index in [2.05, 4.69) is 23.7 Å². The first-order valence-corrected chi connectivity index (χ1v) is 12.4. The SMILES string of the molecule is CC(C)CCN(Cc1nc2scc(-c3ccc(Cl)cc3)c2c(=O)[nH]1)CC(O)c1ccccc1. The molecule has 4 aromatic rings. The first kappa shape index (κ1) is 23.6. The number of hydrogen-bond acceptors (Lipinski definition) is 5. The number of halogens is 1. The van der Waals surface area contributed by atoms with Gasteiger partial charge in [-0.15, -0.1) is 11.3 Å². The first-order chi connectivity index (χ1) is 15.9. The molecule has 0 saturated heterocycles. The second-order valence-corrected chi connectivity index (χ2v) is 9.99. The van der Waals surface area contributed by atoms with Gasteiger partial charge in [-0.25, -0.2) is 4.98 Å². The Morgan fingerprint density at radius 2 is 1.85 bits per heavy atom. The Hall–Kier alpha value is -2.51. The van der Waals surface area contributed by atoms with E-state index in [0.29, 0.717) is 40.1 Å². The van der Waals surface area contributed by atoms with Crippen LogP contribution in [0.25, 0.3) is 21.3 Å². The van der Waals surface area contributed by atoms with Gasteiger partial charge < -0.3 is 10.1 Å². The molecule has 0 bridgehead atoms. The topological polar surface area (TPSA) is 69.2 Å². The van der Waals surface area contributed by atoms with Gasteiger partial charge in [-0.3, -0.25) is 9.69 Å². The molecule has 2 heterocycles. The average molecular weight is 482 g/mol. The van der Waals surface area contributed by atoms with Crippen molar-refractivity contribution in [2.75, 3.05) is 13.1 Å². The largest absolute Gasteiger partial charge is 0.387 e. The van der Waals surface area contributed by atoms with Crippen LogP contribution in [0.2, 0.25) is 5.02 Å². The number of aliphatic hydroxyl groups is 1. The van der Waals surface area contributed by atoms with E-state index >= 15 is 0 Å². The van der Waals surface area contributed by atoms with Crippen LogP contribution in [0.4, 0.5) is 0 Å². The molecule has 5 nitrogen and oxygen atoms in total. The predicted molar refractivity (Wildman–Crippen MR) is 137 cm³/mol. The number of H-pyrrole nitrogens is 1. The van der Waals surface area contributed by atoms with Gasteiger partial charge >= 0.3 is 0 Å². The number of rotatable bonds is 9. The van der Waals surface area contributed by atoms with Crippen LogP contribution in [0, 0.1) is 5.92 Å². The second-order valence-electron chi connectivity index (χ2n) is 8.69. The minimum Gasteiger partial charge on any atom is -0.387 e. The molecule has 0 radical (unpaired) electrons. The highest BCUT2D eigenvalue weighted by Gasteiger charge is 2.18. The minimum absolute atomic E-state index is 0.145. The molecule has 7 heteroatoms. The zero-order chi connectivity index (χ0) is 23.4. The third-order valence-electron chi connectivity index (χ3n) is 5.66. The summed E-state index contributed by atoms with van der Waals surface area (Å²) >= 11 is 7.48. The predicted octanol–water partition coefficient (Wildman–Crippen LogP) is 5.89. The Morgan fingerprint density at radius 1 is 1.12 bits per heavy atom. The van der Waals surface area contributed by atoms with Crippen LogP contribution >= 0.6 is 22.9 Å². The molecule has 2 N–H and O–H groups in total. The summed E-state index contributed by atoms with van der Waals surface area (Å²) in [5.41, 5.74) is 2.54. The van der Waals surface area contributed by atoms with Crippen LogP contribution in [0.3, 0.4) is 0 Å². The maximum Gasteiger partial charge on any atom is 0.260 e. The fraction of sp³-hybridized carbons (Fsp3) is 0.308. The fourth-order valence-electron chi connectivity index (χ4n) is 3.82. The summed E-state index contributed by atoms with van der Waals surface area (Å²) in [6.45, 7) is 6.11. The lowest BCUT2D eigenvalue weighted by Gasteiger charge is -2.25. The quantitative estimate of drug-likeness (QED) is 0.313. The Labute approximate surface area is 202 Å². The lowest BCUT2D eigenvalue weighted by Crippen LogP contribution is -2.31. The molecule has 2 aromatic heterocycles. The summed E-state index contributed by atoms with van der Waals surface area (Å²) in [6.07, 6.45) is 0.389. The maximum absolute atomic E-state index is 13.0. The molecule has 1 atom stereocenters. The molecular formula is C26H28ClN3O2S. The zero-order valence-electron chi connectivity index (χ0n) is 18.8. The molecule has 33 heavy (non-hydrogen) atoms. The third kappa shape index (κ3) is 5.89. The highest BCUT2D eigenvalue weighted by molar-refractivity contribution is 7.17. The summed E-state index contributed by atoms with van der Waals surface area (Å²) in [5.74, 6) is 1.15. The van der Waals surface area contributed by atoms with Gasteiger partial charge in [0.05, 0.1) is 18.0 Å². The summed E-state index contributed by atoms with van der Waals surface area (Å²) in [5, 5.41) is 14.0. The molecule has 2 aromatic carbocycles. The Bertz CT molecular complexity index is 1250. The van der Waals surface area contributed by atoms with Crippen molar-refractivity contribution in [3.05, 3.63) is 86.7 Å².